The van der Waals surface area contributed by atoms with E-state index in [0.29, 0.717) is 12.2 Å². The van der Waals surface area contributed by atoms with Crippen molar-refractivity contribution in [1.82, 2.24) is 25.0 Å². The summed E-state index contributed by atoms with van der Waals surface area (Å²) in [6.45, 7) is 2.94. The van der Waals surface area contributed by atoms with Gasteiger partial charge in [0.15, 0.2) is 5.69 Å². The number of pyridine rings is 1. The SMILES string of the molecule is CN(Cc1ccccn1)C(=O)c1n[nH]c2c1CCN(Cc1ccoc1)C2. The summed E-state index contributed by atoms with van der Waals surface area (Å²) in [6.07, 6.45) is 6.00. The summed E-state index contributed by atoms with van der Waals surface area (Å²) in [6, 6.07) is 7.68. The minimum Gasteiger partial charge on any atom is -0.472 e. The van der Waals surface area contributed by atoms with E-state index in [0.717, 1.165) is 48.6 Å². The van der Waals surface area contributed by atoms with Crippen LogP contribution in [0.15, 0.2) is 47.4 Å². The molecule has 0 saturated carbocycles. The van der Waals surface area contributed by atoms with E-state index in [-0.39, 0.29) is 5.91 Å². The highest BCUT2D eigenvalue weighted by molar-refractivity contribution is 5.93. The van der Waals surface area contributed by atoms with E-state index in [4.69, 9.17) is 4.42 Å². The van der Waals surface area contributed by atoms with Gasteiger partial charge >= 0.3 is 0 Å². The molecule has 0 spiro atoms. The molecule has 0 bridgehead atoms. The fourth-order valence-electron chi connectivity index (χ4n) is 3.31. The summed E-state index contributed by atoms with van der Waals surface area (Å²) >= 11 is 0. The zero-order valence-electron chi connectivity index (χ0n) is 14.7. The third kappa shape index (κ3) is 3.39. The fourth-order valence-corrected chi connectivity index (χ4v) is 3.31. The Hall–Kier alpha value is -2.93. The Bertz CT molecular complexity index is 873. The number of carbonyl (C=O) groups excluding carboxylic acids is 1. The van der Waals surface area contributed by atoms with Gasteiger partial charge in [-0.05, 0) is 24.6 Å². The topological polar surface area (TPSA) is 78.3 Å². The molecule has 0 fully saturated rings. The predicted octanol–water partition coefficient (Wildman–Crippen LogP) is 2.23. The lowest BCUT2D eigenvalue weighted by Crippen LogP contribution is -2.32. The molecule has 134 valence electrons. The van der Waals surface area contributed by atoms with Crippen LogP contribution in [0.2, 0.25) is 0 Å². The van der Waals surface area contributed by atoms with Gasteiger partial charge in [-0.2, -0.15) is 5.10 Å². The Kier molecular flexibility index (Phi) is 4.53. The second-order valence-corrected chi connectivity index (χ2v) is 6.60. The molecule has 0 saturated heterocycles. The summed E-state index contributed by atoms with van der Waals surface area (Å²) in [5, 5.41) is 7.37. The first-order valence-electron chi connectivity index (χ1n) is 8.65. The van der Waals surface area contributed by atoms with Crippen molar-refractivity contribution in [3.05, 3.63) is 71.2 Å². The van der Waals surface area contributed by atoms with Gasteiger partial charge in [0.25, 0.3) is 5.91 Å². The molecule has 0 aromatic carbocycles. The maximum absolute atomic E-state index is 12.8. The molecule has 1 aliphatic heterocycles. The van der Waals surface area contributed by atoms with Crippen LogP contribution in [0.5, 0.6) is 0 Å². The highest BCUT2D eigenvalue weighted by Gasteiger charge is 2.27. The quantitative estimate of drug-likeness (QED) is 0.763. The molecule has 0 atom stereocenters. The lowest BCUT2D eigenvalue weighted by molar-refractivity contribution is 0.0776. The van der Waals surface area contributed by atoms with Crippen LogP contribution in [0.3, 0.4) is 0 Å². The van der Waals surface area contributed by atoms with Crippen LogP contribution in [0.4, 0.5) is 0 Å². The third-order valence-electron chi connectivity index (χ3n) is 4.67. The Morgan fingerprint density at radius 2 is 2.31 bits per heavy atom. The number of aromatic nitrogens is 3. The standard InChI is InChI=1S/C19H21N5O2/c1-23(11-15-4-2-3-7-20-15)19(25)18-16-5-8-24(12-17(16)21-22-18)10-14-6-9-26-13-14/h2-4,6-7,9,13H,5,8,10-12H2,1H3,(H,21,22). The maximum atomic E-state index is 12.8. The van der Waals surface area contributed by atoms with Crippen molar-refractivity contribution in [1.29, 1.82) is 0 Å². The minimum absolute atomic E-state index is 0.0727. The summed E-state index contributed by atoms with van der Waals surface area (Å²) < 4.78 is 5.13. The predicted molar refractivity (Wildman–Crippen MR) is 95.1 cm³/mol. The number of nitrogens with one attached hydrogen (secondary N) is 1. The van der Waals surface area contributed by atoms with Gasteiger partial charge in [-0.15, -0.1) is 0 Å². The molecule has 0 radical (unpaired) electrons. The van der Waals surface area contributed by atoms with Crippen molar-refractivity contribution in [2.45, 2.75) is 26.1 Å². The molecule has 1 aliphatic rings. The lowest BCUT2D eigenvalue weighted by Gasteiger charge is -2.26. The van der Waals surface area contributed by atoms with Crippen molar-refractivity contribution in [3.8, 4) is 0 Å². The number of rotatable bonds is 5. The molecule has 26 heavy (non-hydrogen) atoms. The summed E-state index contributed by atoms with van der Waals surface area (Å²) in [5.41, 5.74) is 4.60. The number of carbonyl (C=O) groups is 1. The first-order valence-corrected chi connectivity index (χ1v) is 8.65. The smallest absolute Gasteiger partial charge is 0.274 e. The third-order valence-corrected chi connectivity index (χ3v) is 4.67. The highest BCUT2D eigenvalue weighted by Crippen LogP contribution is 2.22. The van der Waals surface area contributed by atoms with Crippen LogP contribution in [-0.4, -0.2) is 44.5 Å². The van der Waals surface area contributed by atoms with E-state index in [1.807, 2.05) is 24.3 Å². The van der Waals surface area contributed by atoms with Crippen molar-refractivity contribution >= 4 is 5.91 Å². The van der Waals surface area contributed by atoms with Crippen molar-refractivity contribution in [3.63, 3.8) is 0 Å². The zero-order chi connectivity index (χ0) is 17.9. The average Bonchev–Trinajstić information content (AvgIpc) is 3.31. The second kappa shape index (κ2) is 7.13. The first kappa shape index (κ1) is 16.5. The zero-order valence-corrected chi connectivity index (χ0v) is 14.7. The molecule has 3 aromatic heterocycles. The van der Waals surface area contributed by atoms with Gasteiger partial charge in [-0.25, -0.2) is 0 Å². The molecule has 7 nitrogen and oxygen atoms in total. The van der Waals surface area contributed by atoms with E-state index in [2.05, 4.69) is 20.1 Å². The summed E-state index contributed by atoms with van der Waals surface area (Å²) in [5.74, 6) is -0.0727. The molecule has 0 unspecified atom stereocenters. The van der Waals surface area contributed by atoms with E-state index < -0.39 is 0 Å². The van der Waals surface area contributed by atoms with Gasteiger partial charge in [0.1, 0.15) is 0 Å². The lowest BCUT2D eigenvalue weighted by atomic mass is 10.0. The van der Waals surface area contributed by atoms with Crippen molar-refractivity contribution < 1.29 is 9.21 Å². The molecule has 7 heteroatoms. The summed E-state index contributed by atoms with van der Waals surface area (Å²) in [4.78, 5) is 21.1. The van der Waals surface area contributed by atoms with Crippen LogP contribution in [0.1, 0.15) is 33.0 Å². The number of aromatic amines is 1. The first-order chi connectivity index (χ1) is 12.7. The molecule has 0 aliphatic carbocycles. The van der Waals surface area contributed by atoms with Crippen LogP contribution in [-0.2, 0) is 26.1 Å². The van der Waals surface area contributed by atoms with E-state index in [1.54, 1.807) is 30.7 Å². The molecule has 4 rings (SSSR count). The number of hydrogen-bond donors (Lipinski definition) is 1. The Morgan fingerprint density at radius 1 is 1.38 bits per heavy atom. The molecular weight excluding hydrogens is 330 g/mol. The van der Waals surface area contributed by atoms with Crippen LogP contribution < -0.4 is 0 Å². The van der Waals surface area contributed by atoms with Gasteiger partial charge in [0, 0.05) is 44.0 Å². The molecule has 4 heterocycles. The number of nitrogens with zero attached hydrogens (tertiary/aromatic N) is 4. The Morgan fingerprint density at radius 3 is 3.08 bits per heavy atom. The van der Waals surface area contributed by atoms with Gasteiger partial charge in [0.05, 0.1) is 30.5 Å². The minimum atomic E-state index is -0.0727. The fraction of sp³-hybridized carbons (Fsp3) is 0.316. The molecular formula is C19H21N5O2. The van der Waals surface area contributed by atoms with Gasteiger partial charge < -0.3 is 9.32 Å². The number of fused-ring (bicyclic) bond motifs is 1. The van der Waals surface area contributed by atoms with Crippen molar-refractivity contribution in [2.75, 3.05) is 13.6 Å². The Labute approximate surface area is 151 Å². The molecule has 1 N–H and O–H groups in total. The van der Waals surface area contributed by atoms with Gasteiger partial charge in [0.2, 0.25) is 0 Å². The maximum Gasteiger partial charge on any atom is 0.274 e. The number of H-pyrrole nitrogens is 1. The second-order valence-electron chi connectivity index (χ2n) is 6.60. The normalized spacial score (nSPS) is 14.2. The van der Waals surface area contributed by atoms with Gasteiger partial charge in [-0.3, -0.25) is 19.8 Å². The van der Waals surface area contributed by atoms with E-state index in [9.17, 15) is 4.79 Å². The largest absolute Gasteiger partial charge is 0.472 e. The van der Waals surface area contributed by atoms with Crippen LogP contribution in [0.25, 0.3) is 0 Å². The Balaban J connectivity index is 1.44. The van der Waals surface area contributed by atoms with Crippen LogP contribution >= 0.6 is 0 Å². The van der Waals surface area contributed by atoms with Crippen molar-refractivity contribution in [2.24, 2.45) is 0 Å². The number of furan rings is 1. The number of hydrogen-bond acceptors (Lipinski definition) is 5. The molecule has 1 amide bonds. The monoisotopic (exact) mass is 351 g/mol. The summed E-state index contributed by atoms with van der Waals surface area (Å²) in [7, 11) is 1.78. The van der Waals surface area contributed by atoms with E-state index in [1.165, 1.54) is 0 Å². The van der Waals surface area contributed by atoms with E-state index >= 15 is 0 Å². The average molecular weight is 351 g/mol. The van der Waals surface area contributed by atoms with Crippen LogP contribution in [0, 0.1) is 0 Å². The van der Waals surface area contributed by atoms with Gasteiger partial charge in [-0.1, -0.05) is 6.07 Å². The number of amides is 1. The highest BCUT2D eigenvalue weighted by atomic mass is 16.3. The molecule has 3 aromatic rings.